The van der Waals surface area contributed by atoms with Crippen molar-refractivity contribution < 1.29 is 8.42 Å². The molecule has 2 heterocycles. The maximum absolute atomic E-state index is 12.3. The molecule has 0 aliphatic carbocycles. The number of rotatable bonds is 4. The van der Waals surface area contributed by atoms with E-state index in [1.165, 1.54) is 11.2 Å². The Morgan fingerprint density at radius 3 is 2.50 bits per heavy atom. The summed E-state index contributed by atoms with van der Waals surface area (Å²) in [4.78, 5) is 6.35. The Hall–Kier alpha value is -1.25. The number of pyridine rings is 1. The summed E-state index contributed by atoms with van der Waals surface area (Å²) in [6, 6.07) is 5.69. The summed E-state index contributed by atoms with van der Waals surface area (Å²) < 4.78 is 26.0. The van der Waals surface area contributed by atoms with Crippen molar-refractivity contribution in [3.05, 3.63) is 24.4 Å². The number of hydrogen-bond donors (Lipinski definition) is 1. The zero-order valence-electron chi connectivity index (χ0n) is 11.3. The van der Waals surface area contributed by atoms with Crippen molar-refractivity contribution >= 4 is 33.0 Å². The van der Waals surface area contributed by atoms with Crippen LogP contribution >= 0.6 is 12.2 Å². The molecular weight excluding hydrogens is 296 g/mol. The molecule has 2 rings (SSSR count). The molecule has 1 aliphatic heterocycles. The molecule has 1 aliphatic rings. The third kappa shape index (κ3) is 3.08. The molecule has 2 N–H and O–H groups in total. The minimum absolute atomic E-state index is 0.0113. The number of aromatic nitrogens is 1. The van der Waals surface area contributed by atoms with Crippen LogP contribution in [-0.4, -0.2) is 54.1 Å². The van der Waals surface area contributed by atoms with Gasteiger partial charge in [0.25, 0.3) is 0 Å². The van der Waals surface area contributed by atoms with Gasteiger partial charge in [0.05, 0.1) is 4.99 Å². The predicted octanol–water partition coefficient (Wildman–Crippen LogP) is 0.208. The van der Waals surface area contributed by atoms with Crippen LogP contribution in [0.2, 0.25) is 0 Å². The van der Waals surface area contributed by atoms with Gasteiger partial charge in [0.1, 0.15) is 11.1 Å². The van der Waals surface area contributed by atoms with Crippen molar-refractivity contribution in [3.63, 3.8) is 0 Å². The van der Waals surface area contributed by atoms with Gasteiger partial charge in [-0.1, -0.05) is 18.3 Å². The minimum Gasteiger partial charge on any atom is -0.392 e. The van der Waals surface area contributed by atoms with E-state index in [9.17, 15) is 8.42 Å². The SMILES string of the molecule is CC(C(N)=S)S(=O)(=O)N1CCN(c2ccccn2)CC1. The fourth-order valence-electron chi connectivity index (χ4n) is 2.08. The third-order valence-corrected chi connectivity index (χ3v) is 6.15. The quantitative estimate of drug-likeness (QED) is 0.800. The highest BCUT2D eigenvalue weighted by molar-refractivity contribution is 7.92. The van der Waals surface area contributed by atoms with Gasteiger partial charge in [-0.05, 0) is 19.1 Å². The molecule has 8 heteroatoms. The van der Waals surface area contributed by atoms with Gasteiger partial charge in [-0.3, -0.25) is 0 Å². The number of anilines is 1. The largest absolute Gasteiger partial charge is 0.392 e. The first kappa shape index (κ1) is 15.1. The smallest absolute Gasteiger partial charge is 0.223 e. The van der Waals surface area contributed by atoms with Crippen molar-refractivity contribution in [2.24, 2.45) is 5.73 Å². The van der Waals surface area contributed by atoms with E-state index in [2.05, 4.69) is 9.88 Å². The summed E-state index contributed by atoms with van der Waals surface area (Å²) in [7, 11) is -3.45. The summed E-state index contributed by atoms with van der Waals surface area (Å²) in [6.07, 6.45) is 1.73. The topological polar surface area (TPSA) is 79.5 Å². The van der Waals surface area contributed by atoms with Crippen molar-refractivity contribution in [1.82, 2.24) is 9.29 Å². The Morgan fingerprint density at radius 1 is 1.35 bits per heavy atom. The summed E-state index contributed by atoms with van der Waals surface area (Å²) in [5.41, 5.74) is 5.45. The van der Waals surface area contributed by atoms with Crippen LogP contribution in [-0.2, 0) is 10.0 Å². The lowest BCUT2D eigenvalue weighted by molar-refractivity contribution is 0.382. The van der Waals surface area contributed by atoms with Crippen LogP contribution in [0.4, 0.5) is 5.82 Å². The van der Waals surface area contributed by atoms with E-state index in [1.807, 2.05) is 18.2 Å². The lowest BCUT2D eigenvalue weighted by atomic mass is 10.3. The molecule has 1 aromatic heterocycles. The Bertz CT molecular complexity index is 568. The molecular formula is C12H18N4O2S2. The van der Waals surface area contributed by atoms with Gasteiger partial charge >= 0.3 is 0 Å². The van der Waals surface area contributed by atoms with E-state index in [0.29, 0.717) is 26.2 Å². The predicted molar refractivity (Wildman–Crippen MR) is 83.2 cm³/mol. The lowest BCUT2D eigenvalue weighted by Gasteiger charge is -2.35. The van der Waals surface area contributed by atoms with Crippen molar-refractivity contribution in [1.29, 1.82) is 0 Å². The molecule has 0 radical (unpaired) electrons. The average molecular weight is 314 g/mol. The van der Waals surface area contributed by atoms with Crippen molar-refractivity contribution in [2.45, 2.75) is 12.2 Å². The summed E-state index contributed by atoms with van der Waals surface area (Å²) in [5, 5.41) is -0.820. The highest BCUT2D eigenvalue weighted by Crippen LogP contribution is 2.17. The first-order valence-corrected chi connectivity index (χ1v) is 8.28. The molecule has 0 amide bonds. The van der Waals surface area contributed by atoms with Gasteiger partial charge in [0.2, 0.25) is 10.0 Å². The fraction of sp³-hybridized carbons (Fsp3) is 0.500. The van der Waals surface area contributed by atoms with Gasteiger partial charge in [-0.25, -0.2) is 13.4 Å². The third-order valence-electron chi connectivity index (χ3n) is 3.42. The Kier molecular flexibility index (Phi) is 4.56. The molecule has 20 heavy (non-hydrogen) atoms. The van der Waals surface area contributed by atoms with Crippen LogP contribution < -0.4 is 10.6 Å². The molecule has 110 valence electrons. The van der Waals surface area contributed by atoms with Crippen LogP contribution in [0.1, 0.15) is 6.92 Å². The summed E-state index contributed by atoms with van der Waals surface area (Å²) >= 11 is 4.79. The lowest BCUT2D eigenvalue weighted by Crippen LogP contribution is -2.52. The van der Waals surface area contributed by atoms with E-state index in [1.54, 1.807) is 6.20 Å². The second-order valence-electron chi connectivity index (χ2n) is 4.66. The normalized spacial score (nSPS) is 18.8. The maximum atomic E-state index is 12.3. The standard InChI is InChI=1S/C12H18N4O2S2/c1-10(12(13)19)20(17,18)16-8-6-15(7-9-16)11-4-2-3-5-14-11/h2-5,10H,6-9H2,1H3,(H2,13,19). The highest BCUT2D eigenvalue weighted by Gasteiger charge is 2.33. The molecule has 0 bridgehead atoms. The fourth-order valence-corrected chi connectivity index (χ4v) is 3.86. The molecule has 1 atom stereocenters. The van der Waals surface area contributed by atoms with Gasteiger partial charge in [0.15, 0.2) is 0 Å². The zero-order valence-corrected chi connectivity index (χ0v) is 12.9. The van der Waals surface area contributed by atoms with Gasteiger partial charge in [0, 0.05) is 32.4 Å². The number of piperazine rings is 1. The second-order valence-corrected chi connectivity index (χ2v) is 7.39. The first-order chi connectivity index (χ1) is 9.43. The number of nitrogens with zero attached hydrogens (tertiary/aromatic N) is 3. The number of hydrogen-bond acceptors (Lipinski definition) is 5. The first-order valence-electron chi connectivity index (χ1n) is 6.37. The number of thiocarbonyl (C=S) groups is 1. The van der Waals surface area contributed by atoms with E-state index in [-0.39, 0.29) is 4.99 Å². The molecule has 0 saturated carbocycles. The summed E-state index contributed by atoms with van der Waals surface area (Å²) in [6.45, 7) is 3.60. The number of sulfonamides is 1. The van der Waals surface area contributed by atoms with Crippen molar-refractivity contribution in [3.8, 4) is 0 Å². The second kappa shape index (κ2) is 6.02. The molecule has 6 nitrogen and oxygen atoms in total. The van der Waals surface area contributed by atoms with E-state index in [4.69, 9.17) is 18.0 Å². The van der Waals surface area contributed by atoms with Crippen LogP contribution in [0.25, 0.3) is 0 Å². The molecule has 1 aromatic rings. The number of nitrogens with two attached hydrogens (primary N) is 1. The molecule has 1 fully saturated rings. The van der Waals surface area contributed by atoms with Gasteiger partial charge < -0.3 is 10.6 Å². The van der Waals surface area contributed by atoms with Crippen LogP contribution in [0.3, 0.4) is 0 Å². The summed E-state index contributed by atoms with van der Waals surface area (Å²) in [5.74, 6) is 0.868. The molecule has 1 saturated heterocycles. The average Bonchev–Trinajstić information content (AvgIpc) is 2.47. The minimum atomic E-state index is -3.45. The maximum Gasteiger partial charge on any atom is 0.223 e. The van der Waals surface area contributed by atoms with E-state index < -0.39 is 15.3 Å². The Morgan fingerprint density at radius 2 is 2.00 bits per heavy atom. The highest BCUT2D eigenvalue weighted by atomic mass is 32.2. The van der Waals surface area contributed by atoms with Crippen LogP contribution in [0, 0.1) is 0 Å². The molecule has 0 aromatic carbocycles. The van der Waals surface area contributed by atoms with Crippen LogP contribution in [0.15, 0.2) is 24.4 Å². The monoisotopic (exact) mass is 314 g/mol. The van der Waals surface area contributed by atoms with Gasteiger partial charge in [-0.15, -0.1) is 0 Å². The Balaban J connectivity index is 2.03. The van der Waals surface area contributed by atoms with Crippen LogP contribution in [0.5, 0.6) is 0 Å². The van der Waals surface area contributed by atoms with E-state index in [0.717, 1.165) is 5.82 Å². The van der Waals surface area contributed by atoms with Crippen molar-refractivity contribution in [2.75, 3.05) is 31.1 Å². The molecule has 0 spiro atoms. The van der Waals surface area contributed by atoms with E-state index >= 15 is 0 Å². The zero-order chi connectivity index (χ0) is 14.8. The van der Waals surface area contributed by atoms with Gasteiger partial charge in [-0.2, -0.15) is 4.31 Å². The Labute approximate surface area is 124 Å². The molecule has 1 unspecified atom stereocenters.